The molecule has 1 aromatic carbocycles. The van der Waals surface area contributed by atoms with Gasteiger partial charge in [-0.3, -0.25) is 14.5 Å². The van der Waals surface area contributed by atoms with E-state index in [1.165, 1.54) is 11.9 Å². The zero-order chi connectivity index (χ0) is 16.9. The van der Waals surface area contributed by atoms with Crippen molar-refractivity contribution < 1.29 is 9.59 Å². The fourth-order valence-corrected chi connectivity index (χ4v) is 3.58. The molecule has 0 spiro atoms. The van der Waals surface area contributed by atoms with Gasteiger partial charge in [0.05, 0.1) is 11.5 Å². The van der Waals surface area contributed by atoms with Crippen LogP contribution in [0.4, 0.5) is 10.7 Å². The van der Waals surface area contributed by atoms with Crippen LogP contribution in [0.5, 0.6) is 0 Å². The summed E-state index contributed by atoms with van der Waals surface area (Å²) < 4.78 is 0. The minimum absolute atomic E-state index is 0.00389. The number of benzene rings is 1. The first kappa shape index (κ1) is 16.7. The number of ketones is 1. The second-order valence-electron chi connectivity index (χ2n) is 5.90. The molecule has 0 saturated carbocycles. The van der Waals surface area contributed by atoms with Crippen molar-refractivity contribution in [2.24, 2.45) is 0 Å². The zero-order valence-electron chi connectivity index (χ0n) is 13.7. The molecule has 1 aromatic heterocycles. The van der Waals surface area contributed by atoms with Gasteiger partial charge in [0.25, 0.3) is 0 Å². The Hall–Kier alpha value is -2.18. The number of amides is 1. The zero-order valence-corrected chi connectivity index (χ0v) is 14.5. The van der Waals surface area contributed by atoms with Gasteiger partial charge in [-0.15, -0.1) is 11.3 Å². The lowest BCUT2D eigenvalue weighted by Crippen LogP contribution is -2.48. The second kappa shape index (κ2) is 7.59. The quantitative estimate of drug-likeness (QED) is 0.848. The van der Waals surface area contributed by atoms with Crippen LogP contribution in [-0.2, 0) is 4.79 Å². The molecule has 1 aliphatic rings. The Morgan fingerprint density at radius 1 is 1.12 bits per heavy atom. The van der Waals surface area contributed by atoms with Gasteiger partial charge in [-0.2, -0.15) is 0 Å². The number of Topliss-reactive ketones (excluding diaryl/α,β-unsaturated/α-hetero) is 1. The summed E-state index contributed by atoms with van der Waals surface area (Å²) in [5, 5.41) is 6.26. The number of rotatable bonds is 5. The van der Waals surface area contributed by atoms with E-state index in [2.05, 4.69) is 32.6 Å². The first-order chi connectivity index (χ1) is 11.6. The second-order valence-corrected chi connectivity index (χ2v) is 6.83. The lowest BCUT2D eigenvalue weighted by Gasteiger charge is -2.34. The van der Waals surface area contributed by atoms with Crippen LogP contribution >= 0.6 is 11.3 Å². The Bertz CT molecular complexity index is 707. The van der Waals surface area contributed by atoms with Crippen molar-refractivity contribution in [3.63, 3.8) is 0 Å². The Morgan fingerprint density at radius 3 is 2.58 bits per heavy atom. The maximum absolute atomic E-state index is 12.2. The first-order valence-corrected chi connectivity index (χ1v) is 8.91. The highest BCUT2D eigenvalue weighted by molar-refractivity contribution is 7.14. The van der Waals surface area contributed by atoms with Crippen molar-refractivity contribution in [3.05, 3.63) is 47.3 Å². The summed E-state index contributed by atoms with van der Waals surface area (Å²) in [7, 11) is 0. The number of hydrogen-bond donors (Lipinski definition) is 1. The molecular weight excluding hydrogens is 322 g/mol. The van der Waals surface area contributed by atoms with Gasteiger partial charge in [-0.1, -0.05) is 12.1 Å². The summed E-state index contributed by atoms with van der Waals surface area (Å²) in [5.41, 5.74) is 1.28. The highest BCUT2D eigenvalue weighted by atomic mass is 32.1. The normalized spacial score (nSPS) is 15.3. The lowest BCUT2D eigenvalue weighted by atomic mass is 10.1. The number of piperazine rings is 1. The van der Waals surface area contributed by atoms with Gasteiger partial charge >= 0.3 is 0 Å². The van der Waals surface area contributed by atoms with Crippen LogP contribution in [-0.4, -0.2) is 49.3 Å². The van der Waals surface area contributed by atoms with Gasteiger partial charge in [-0.05, 0) is 36.6 Å². The highest BCUT2D eigenvalue weighted by Crippen LogP contribution is 2.22. The molecule has 1 aliphatic heterocycles. The van der Waals surface area contributed by atoms with Crippen molar-refractivity contribution in [2.45, 2.75) is 6.92 Å². The van der Waals surface area contributed by atoms with Gasteiger partial charge in [0.1, 0.15) is 0 Å². The summed E-state index contributed by atoms with van der Waals surface area (Å²) >= 11 is 1.75. The molecular formula is C18H21N3O2S. The molecule has 0 aliphatic carbocycles. The molecule has 0 atom stereocenters. The van der Waals surface area contributed by atoms with E-state index in [0.717, 1.165) is 26.2 Å². The Morgan fingerprint density at radius 2 is 1.92 bits per heavy atom. The predicted octanol–water partition coefficient (Wildman–Crippen LogP) is 2.71. The molecule has 24 heavy (non-hydrogen) atoms. The molecule has 3 rings (SSSR count). The molecule has 126 valence electrons. The number of thiophene rings is 1. The molecule has 0 bridgehead atoms. The summed E-state index contributed by atoms with van der Waals surface area (Å²) in [6.07, 6.45) is 0. The average Bonchev–Trinajstić information content (AvgIpc) is 3.10. The van der Waals surface area contributed by atoms with Gasteiger partial charge in [0.15, 0.2) is 5.78 Å². The third-order valence-electron chi connectivity index (χ3n) is 4.11. The maximum Gasteiger partial charge on any atom is 0.238 e. The van der Waals surface area contributed by atoms with Crippen LogP contribution in [0.1, 0.15) is 17.3 Å². The van der Waals surface area contributed by atoms with Gasteiger partial charge in [-0.25, -0.2) is 0 Å². The number of carbonyl (C=O) groups is 2. The molecule has 2 aromatic rings. The van der Waals surface area contributed by atoms with E-state index >= 15 is 0 Å². The number of nitrogens with zero attached hydrogens (tertiary/aromatic N) is 2. The van der Waals surface area contributed by atoms with Crippen molar-refractivity contribution in [1.82, 2.24) is 4.90 Å². The summed E-state index contributed by atoms with van der Waals surface area (Å²) in [6, 6.07) is 11.3. The third-order valence-corrected chi connectivity index (χ3v) is 5.04. The monoisotopic (exact) mass is 343 g/mol. The number of carbonyl (C=O) groups excluding carboxylic acids is 2. The highest BCUT2D eigenvalue weighted by Gasteiger charge is 2.19. The van der Waals surface area contributed by atoms with E-state index in [9.17, 15) is 9.59 Å². The Labute approximate surface area is 145 Å². The van der Waals surface area contributed by atoms with Crippen LogP contribution in [0.15, 0.2) is 41.8 Å². The summed E-state index contributed by atoms with van der Waals surface area (Å²) in [6.45, 7) is 5.52. The topological polar surface area (TPSA) is 52.7 Å². The molecule has 1 saturated heterocycles. The van der Waals surface area contributed by atoms with Gasteiger partial charge < -0.3 is 10.2 Å². The molecule has 6 heteroatoms. The van der Waals surface area contributed by atoms with Crippen LogP contribution < -0.4 is 10.2 Å². The van der Waals surface area contributed by atoms with Crippen LogP contribution in [0.2, 0.25) is 0 Å². The van der Waals surface area contributed by atoms with E-state index in [1.807, 2.05) is 0 Å². The average molecular weight is 343 g/mol. The third kappa shape index (κ3) is 4.21. The van der Waals surface area contributed by atoms with E-state index in [0.29, 0.717) is 17.8 Å². The van der Waals surface area contributed by atoms with Gasteiger partial charge in [0.2, 0.25) is 5.91 Å². The molecule has 0 unspecified atom stereocenters. The first-order valence-electron chi connectivity index (χ1n) is 8.03. The number of anilines is 2. The van der Waals surface area contributed by atoms with E-state index < -0.39 is 0 Å². The van der Waals surface area contributed by atoms with Crippen LogP contribution in [0.3, 0.4) is 0 Å². The smallest absolute Gasteiger partial charge is 0.238 e. The SMILES string of the molecule is CC(=O)c1cccc(NC(=O)CN2CCN(c3cccs3)CC2)c1. The molecule has 0 radical (unpaired) electrons. The largest absolute Gasteiger partial charge is 0.361 e. The number of hydrogen-bond acceptors (Lipinski definition) is 5. The van der Waals surface area contributed by atoms with Crippen molar-refractivity contribution >= 4 is 33.7 Å². The maximum atomic E-state index is 12.2. The minimum Gasteiger partial charge on any atom is -0.361 e. The van der Waals surface area contributed by atoms with E-state index in [4.69, 9.17) is 0 Å². The van der Waals surface area contributed by atoms with Crippen LogP contribution in [0, 0.1) is 0 Å². The van der Waals surface area contributed by atoms with Gasteiger partial charge in [0, 0.05) is 37.4 Å². The van der Waals surface area contributed by atoms with E-state index in [-0.39, 0.29) is 11.7 Å². The fraction of sp³-hybridized carbons (Fsp3) is 0.333. The Balaban J connectivity index is 1.49. The molecule has 1 N–H and O–H groups in total. The summed E-state index contributed by atoms with van der Waals surface area (Å²) in [5.74, 6) is -0.0453. The van der Waals surface area contributed by atoms with E-state index in [1.54, 1.807) is 35.6 Å². The molecule has 1 fully saturated rings. The lowest BCUT2D eigenvalue weighted by molar-refractivity contribution is -0.117. The van der Waals surface area contributed by atoms with Crippen molar-refractivity contribution in [3.8, 4) is 0 Å². The standard InChI is InChI=1S/C18H21N3O2S/c1-14(22)15-4-2-5-16(12-15)19-17(23)13-20-7-9-21(10-8-20)18-6-3-11-24-18/h2-6,11-12H,7-10,13H2,1H3,(H,19,23). The fourth-order valence-electron chi connectivity index (χ4n) is 2.80. The minimum atomic E-state index is -0.0414. The van der Waals surface area contributed by atoms with Crippen molar-refractivity contribution in [2.75, 3.05) is 42.9 Å². The Kier molecular flexibility index (Phi) is 5.27. The van der Waals surface area contributed by atoms with Crippen molar-refractivity contribution in [1.29, 1.82) is 0 Å². The summed E-state index contributed by atoms with van der Waals surface area (Å²) in [4.78, 5) is 28.1. The van der Waals surface area contributed by atoms with Crippen LogP contribution in [0.25, 0.3) is 0 Å². The molecule has 2 heterocycles. The molecule has 1 amide bonds. The molecule has 5 nitrogen and oxygen atoms in total. The number of nitrogens with one attached hydrogen (secondary N) is 1. The predicted molar refractivity (Wildman–Crippen MR) is 98.0 cm³/mol.